The number of carbonyl (C=O) groups is 2. The Morgan fingerprint density at radius 2 is 1.92 bits per heavy atom. The SMILES string of the molecule is CS(=O)(=O)N1CCN(C(=O)Nc2ccc(F)cc2)C1C(=O)NCCN. The fourth-order valence-corrected chi connectivity index (χ4v) is 3.44. The summed E-state index contributed by atoms with van der Waals surface area (Å²) in [5.41, 5.74) is 5.66. The summed E-state index contributed by atoms with van der Waals surface area (Å²) in [6.07, 6.45) is -0.334. The summed E-state index contributed by atoms with van der Waals surface area (Å²) in [6.45, 7) is 0.372. The van der Waals surface area contributed by atoms with E-state index in [-0.39, 0.29) is 26.2 Å². The quantitative estimate of drug-likeness (QED) is 0.632. The molecule has 0 aromatic heterocycles. The lowest BCUT2D eigenvalue weighted by Gasteiger charge is -2.27. The van der Waals surface area contributed by atoms with Crippen molar-refractivity contribution >= 4 is 27.6 Å². The Balaban J connectivity index is 2.19. The molecule has 0 bridgehead atoms. The van der Waals surface area contributed by atoms with Crippen LogP contribution in [0.25, 0.3) is 0 Å². The first-order valence-corrected chi connectivity index (χ1v) is 9.36. The maximum atomic E-state index is 12.9. The molecule has 2 rings (SSSR count). The van der Waals surface area contributed by atoms with Crippen LogP contribution in [0.2, 0.25) is 0 Å². The maximum absolute atomic E-state index is 12.9. The summed E-state index contributed by atoms with van der Waals surface area (Å²) in [5, 5.41) is 5.01. The molecule has 1 saturated heterocycles. The number of urea groups is 1. The summed E-state index contributed by atoms with van der Waals surface area (Å²) < 4.78 is 37.7. The molecular formula is C14H20FN5O4S. The number of halogens is 1. The van der Waals surface area contributed by atoms with Gasteiger partial charge in [-0.15, -0.1) is 0 Å². The van der Waals surface area contributed by atoms with Crippen LogP contribution in [0.4, 0.5) is 14.9 Å². The molecule has 9 nitrogen and oxygen atoms in total. The van der Waals surface area contributed by atoms with E-state index in [4.69, 9.17) is 5.73 Å². The number of nitrogens with two attached hydrogens (primary N) is 1. The molecule has 1 unspecified atom stereocenters. The van der Waals surface area contributed by atoms with Gasteiger partial charge in [0.15, 0.2) is 6.17 Å². The maximum Gasteiger partial charge on any atom is 0.323 e. The second-order valence-electron chi connectivity index (χ2n) is 5.46. The van der Waals surface area contributed by atoms with Crippen molar-refractivity contribution < 1.29 is 22.4 Å². The van der Waals surface area contributed by atoms with E-state index in [0.717, 1.165) is 15.5 Å². The number of amides is 3. The topological polar surface area (TPSA) is 125 Å². The van der Waals surface area contributed by atoms with Crippen molar-refractivity contribution in [2.75, 3.05) is 37.8 Å². The number of hydrogen-bond acceptors (Lipinski definition) is 5. The Labute approximate surface area is 145 Å². The molecule has 138 valence electrons. The third-order valence-electron chi connectivity index (χ3n) is 3.59. The number of benzene rings is 1. The van der Waals surface area contributed by atoms with Crippen molar-refractivity contribution in [2.24, 2.45) is 5.73 Å². The highest BCUT2D eigenvalue weighted by atomic mass is 32.2. The summed E-state index contributed by atoms with van der Waals surface area (Å²) in [5.74, 6) is -1.09. The molecule has 1 heterocycles. The van der Waals surface area contributed by atoms with Gasteiger partial charge in [0, 0.05) is 31.9 Å². The lowest BCUT2D eigenvalue weighted by molar-refractivity contribution is -0.127. The number of carbonyl (C=O) groups excluding carboxylic acids is 2. The van der Waals surface area contributed by atoms with Crippen molar-refractivity contribution in [1.29, 1.82) is 0 Å². The van der Waals surface area contributed by atoms with Crippen LogP contribution in [0.3, 0.4) is 0 Å². The third kappa shape index (κ3) is 4.65. The molecular weight excluding hydrogens is 353 g/mol. The first-order valence-electron chi connectivity index (χ1n) is 7.52. The van der Waals surface area contributed by atoms with Gasteiger partial charge in [0.1, 0.15) is 5.82 Å². The van der Waals surface area contributed by atoms with Crippen molar-refractivity contribution in [3.8, 4) is 0 Å². The number of nitrogens with one attached hydrogen (secondary N) is 2. The molecule has 1 fully saturated rings. The first-order chi connectivity index (χ1) is 11.7. The monoisotopic (exact) mass is 373 g/mol. The molecule has 0 spiro atoms. The molecule has 1 aromatic carbocycles. The van der Waals surface area contributed by atoms with E-state index in [1.807, 2.05) is 0 Å². The van der Waals surface area contributed by atoms with E-state index in [2.05, 4.69) is 10.6 Å². The van der Waals surface area contributed by atoms with Crippen molar-refractivity contribution in [1.82, 2.24) is 14.5 Å². The van der Waals surface area contributed by atoms with Crippen LogP contribution in [0.5, 0.6) is 0 Å². The summed E-state index contributed by atoms with van der Waals surface area (Å²) in [7, 11) is -3.70. The molecule has 0 radical (unpaired) electrons. The van der Waals surface area contributed by atoms with Gasteiger partial charge in [-0.05, 0) is 24.3 Å². The van der Waals surface area contributed by atoms with Crippen molar-refractivity contribution in [3.63, 3.8) is 0 Å². The molecule has 0 saturated carbocycles. The lowest BCUT2D eigenvalue weighted by Crippen LogP contribution is -2.54. The van der Waals surface area contributed by atoms with E-state index >= 15 is 0 Å². The Hall–Kier alpha value is -2.24. The average Bonchev–Trinajstić information content (AvgIpc) is 3.00. The zero-order valence-corrected chi connectivity index (χ0v) is 14.4. The highest BCUT2D eigenvalue weighted by molar-refractivity contribution is 7.88. The van der Waals surface area contributed by atoms with Gasteiger partial charge in [0.05, 0.1) is 6.26 Å². The standard InChI is InChI=1S/C14H20FN5O4S/c1-25(23,24)20-9-8-19(13(20)12(21)17-7-6-16)14(22)18-11-4-2-10(15)3-5-11/h2-5,13H,6-9,16H2,1H3,(H,17,21)(H,18,22). The molecule has 3 amide bonds. The summed E-state index contributed by atoms with van der Waals surface area (Å²) >= 11 is 0. The predicted molar refractivity (Wildman–Crippen MR) is 89.5 cm³/mol. The smallest absolute Gasteiger partial charge is 0.323 e. The van der Waals surface area contributed by atoms with Gasteiger partial charge in [-0.3, -0.25) is 9.69 Å². The minimum Gasteiger partial charge on any atom is -0.352 e. The number of anilines is 1. The number of hydrogen-bond donors (Lipinski definition) is 3. The van der Waals surface area contributed by atoms with Crippen LogP contribution < -0.4 is 16.4 Å². The molecule has 1 aliphatic rings. The fraction of sp³-hybridized carbons (Fsp3) is 0.429. The molecule has 25 heavy (non-hydrogen) atoms. The minimum absolute atomic E-state index is 0.00359. The van der Waals surface area contributed by atoms with E-state index in [0.29, 0.717) is 5.69 Å². The minimum atomic E-state index is -3.70. The van der Waals surface area contributed by atoms with Gasteiger partial charge in [-0.2, -0.15) is 4.31 Å². The highest BCUT2D eigenvalue weighted by Crippen LogP contribution is 2.20. The average molecular weight is 373 g/mol. The lowest BCUT2D eigenvalue weighted by atomic mass is 10.3. The Morgan fingerprint density at radius 1 is 1.28 bits per heavy atom. The van der Waals surface area contributed by atoms with Gasteiger partial charge in [-0.25, -0.2) is 17.6 Å². The van der Waals surface area contributed by atoms with Crippen LogP contribution in [0.1, 0.15) is 0 Å². The van der Waals surface area contributed by atoms with Crippen molar-refractivity contribution in [3.05, 3.63) is 30.1 Å². The van der Waals surface area contributed by atoms with E-state index in [1.165, 1.54) is 24.3 Å². The van der Waals surface area contributed by atoms with Gasteiger partial charge in [0.2, 0.25) is 10.0 Å². The van der Waals surface area contributed by atoms with Crippen LogP contribution in [-0.4, -0.2) is 68.2 Å². The Bertz CT molecular complexity index is 740. The second kappa shape index (κ2) is 7.76. The van der Waals surface area contributed by atoms with Gasteiger partial charge in [-0.1, -0.05) is 0 Å². The van der Waals surface area contributed by atoms with Crippen LogP contribution in [-0.2, 0) is 14.8 Å². The second-order valence-corrected chi connectivity index (χ2v) is 7.39. The zero-order valence-electron chi connectivity index (χ0n) is 13.6. The zero-order chi connectivity index (χ0) is 18.6. The molecule has 4 N–H and O–H groups in total. The van der Waals surface area contributed by atoms with Gasteiger partial charge >= 0.3 is 6.03 Å². The van der Waals surface area contributed by atoms with Crippen LogP contribution in [0.15, 0.2) is 24.3 Å². The van der Waals surface area contributed by atoms with Crippen LogP contribution >= 0.6 is 0 Å². The van der Waals surface area contributed by atoms with Crippen molar-refractivity contribution in [2.45, 2.75) is 6.17 Å². The third-order valence-corrected chi connectivity index (χ3v) is 4.82. The number of rotatable bonds is 5. The summed E-state index contributed by atoms with van der Waals surface area (Å²) in [4.78, 5) is 25.9. The number of nitrogens with zero attached hydrogens (tertiary/aromatic N) is 2. The molecule has 0 aliphatic carbocycles. The molecule has 11 heteroatoms. The van der Waals surface area contributed by atoms with E-state index in [9.17, 15) is 22.4 Å². The van der Waals surface area contributed by atoms with Gasteiger partial charge in [0.25, 0.3) is 5.91 Å². The summed E-state index contributed by atoms with van der Waals surface area (Å²) in [6, 6.07) is 4.41. The predicted octanol–water partition coefficient (Wildman–Crippen LogP) is -0.664. The number of sulfonamides is 1. The van der Waals surface area contributed by atoms with Gasteiger partial charge < -0.3 is 16.4 Å². The van der Waals surface area contributed by atoms with E-state index < -0.39 is 33.9 Å². The molecule has 1 aliphatic heterocycles. The molecule has 1 aromatic rings. The Kier molecular flexibility index (Phi) is 5.93. The van der Waals surface area contributed by atoms with Crippen LogP contribution in [0, 0.1) is 5.82 Å². The fourth-order valence-electron chi connectivity index (χ4n) is 2.45. The normalized spacial score (nSPS) is 18.2. The Morgan fingerprint density at radius 3 is 2.48 bits per heavy atom. The highest BCUT2D eigenvalue weighted by Gasteiger charge is 2.44. The first kappa shape index (κ1) is 19.1. The van der Waals surface area contributed by atoms with E-state index in [1.54, 1.807) is 0 Å². The molecule has 1 atom stereocenters. The largest absolute Gasteiger partial charge is 0.352 e.